The molecule has 27 heavy (non-hydrogen) atoms. The Bertz CT molecular complexity index is 668. The van der Waals surface area contributed by atoms with Crippen LogP contribution in [0.2, 0.25) is 0 Å². The monoisotopic (exact) mass is 389 g/mol. The first-order valence-corrected chi connectivity index (χ1v) is 8.89. The SMILES string of the molecule is CC(C)[C@H](N)C(=O)NCC(=O)NCC(c1ccccc1)c1ccccc1.Cl. The van der Waals surface area contributed by atoms with E-state index in [2.05, 4.69) is 10.6 Å². The van der Waals surface area contributed by atoms with Gasteiger partial charge in [0.05, 0.1) is 12.6 Å². The van der Waals surface area contributed by atoms with Crippen molar-refractivity contribution in [2.45, 2.75) is 25.8 Å². The summed E-state index contributed by atoms with van der Waals surface area (Å²) < 4.78 is 0. The van der Waals surface area contributed by atoms with E-state index < -0.39 is 6.04 Å². The lowest BCUT2D eigenvalue weighted by molar-refractivity contribution is -0.127. The average Bonchev–Trinajstić information content (AvgIpc) is 2.67. The quantitative estimate of drug-likeness (QED) is 0.648. The van der Waals surface area contributed by atoms with Gasteiger partial charge in [0.2, 0.25) is 11.8 Å². The summed E-state index contributed by atoms with van der Waals surface area (Å²) in [6.45, 7) is 4.12. The zero-order valence-electron chi connectivity index (χ0n) is 15.7. The molecule has 0 spiro atoms. The van der Waals surface area contributed by atoms with E-state index in [1.54, 1.807) is 0 Å². The van der Waals surface area contributed by atoms with Gasteiger partial charge in [-0.1, -0.05) is 74.5 Å². The standard InChI is InChI=1S/C21H27N3O2.ClH/c1-15(2)20(22)21(26)24-14-19(25)23-13-18(16-9-5-3-6-10-16)17-11-7-4-8-12-17;/h3-12,15,18,20H,13-14,22H2,1-2H3,(H,23,25)(H,24,26);1H/t20-;/m0./s1. The van der Waals surface area contributed by atoms with Crippen molar-refractivity contribution < 1.29 is 9.59 Å². The molecule has 1 atom stereocenters. The van der Waals surface area contributed by atoms with Gasteiger partial charge in [-0.15, -0.1) is 12.4 Å². The lowest BCUT2D eigenvalue weighted by Crippen LogP contribution is -2.47. The van der Waals surface area contributed by atoms with E-state index in [0.29, 0.717) is 6.54 Å². The molecule has 0 unspecified atom stereocenters. The summed E-state index contributed by atoms with van der Waals surface area (Å²) in [5.74, 6) is -0.461. The van der Waals surface area contributed by atoms with Gasteiger partial charge >= 0.3 is 0 Å². The topological polar surface area (TPSA) is 84.2 Å². The molecule has 0 aliphatic carbocycles. The predicted molar refractivity (Wildman–Crippen MR) is 111 cm³/mol. The van der Waals surface area contributed by atoms with Gasteiger partial charge in [-0.05, 0) is 17.0 Å². The van der Waals surface area contributed by atoms with E-state index in [0.717, 1.165) is 11.1 Å². The molecule has 0 aliphatic rings. The number of rotatable bonds is 8. The third-order valence-corrected chi connectivity index (χ3v) is 4.35. The highest BCUT2D eigenvalue weighted by Crippen LogP contribution is 2.23. The van der Waals surface area contributed by atoms with E-state index in [4.69, 9.17) is 5.73 Å². The molecule has 0 saturated carbocycles. The van der Waals surface area contributed by atoms with Crippen molar-refractivity contribution in [3.8, 4) is 0 Å². The van der Waals surface area contributed by atoms with E-state index in [1.165, 1.54) is 0 Å². The summed E-state index contributed by atoms with van der Waals surface area (Å²) >= 11 is 0. The number of halogens is 1. The Morgan fingerprint density at radius 1 is 0.889 bits per heavy atom. The lowest BCUT2D eigenvalue weighted by Gasteiger charge is -2.19. The second-order valence-electron chi connectivity index (χ2n) is 6.67. The van der Waals surface area contributed by atoms with Crippen LogP contribution >= 0.6 is 12.4 Å². The van der Waals surface area contributed by atoms with Crippen molar-refractivity contribution in [3.05, 3.63) is 71.8 Å². The summed E-state index contributed by atoms with van der Waals surface area (Å²) in [5.41, 5.74) is 8.04. The van der Waals surface area contributed by atoms with Crippen molar-refractivity contribution >= 4 is 24.2 Å². The molecular weight excluding hydrogens is 362 g/mol. The molecule has 0 bridgehead atoms. The van der Waals surface area contributed by atoms with Crippen LogP contribution in [0.4, 0.5) is 0 Å². The maximum absolute atomic E-state index is 12.1. The molecule has 2 amide bonds. The fraction of sp³-hybridized carbons (Fsp3) is 0.333. The van der Waals surface area contributed by atoms with Crippen molar-refractivity contribution in [1.82, 2.24) is 10.6 Å². The third kappa shape index (κ3) is 7.04. The second-order valence-corrected chi connectivity index (χ2v) is 6.67. The minimum atomic E-state index is -0.607. The van der Waals surface area contributed by atoms with Gasteiger partial charge in [0.1, 0.15) is 0 Å². The number of amides is 2. The Morgan fingerprint density at radius 3 is 1.81 bits per heavy atom. The van der Waals surface area contributed by atoms with Gasteiger partial charge in [0.15, 0.2) is 0 Å². The third-order valence-electron chi connectivity index (χ3n) is 4.35. The first kappa shape index (κ1) is 22.7. The average molecular weight is 390 g/mol. The van der Waals surface area contributed by atoms with Crippen LogP contribution in [0, 0.1) is 5.92 Å². The predicted octanol–water partition coefficient (Wildman–Crippen LogP) is 2.46. The fourth-order valence-corrected chi connectivity index (χ4v) is 2.67. The van der Waals surface area contributed by atoms with E-state index in [9.17, 15) is 9.59 Å². The van der Waals surface area contributed by atoms with Crippen LogP contribution in [0.15, 0.2) is 60.7 Å². The number of hydrogen-bond donors (Lipinski definition) is 3. The molecule has 0 fully saturated rings. The maximum Gasteiger partial charge on any atom is 0.239 e. The largest absolute Gasteiger partial charge is 0.354 e. The highest BCUT2D eigenvalue weighted by molar-refractivity contribution is 5.87. The van der Waals surface area contributed by atoms with Crippen LogP contribution in [0.3, 0.4) is 0 Å². The zero-order chi connectivity index (χ0) is 18.9. The molecule has 0 heterocycles. The Balaban J connectivity index is 0.00000364. The summed E-state index contributed by atoms with van der Waals surface area (Å²) in [5, 5.41) is 5.50. The number of hydrogen-bond acceptors (Lipinski definition) is 3. The molecular formula is C21H28ClN3O2. The van der Waals surface area contributed by atoms with Crippen LogP contribution in [-0.2, 0) is 9.59 Å². The number of benzene rings is 2. The van der Waals surface area contributed by atoms with Crippen molar-refractivity contribution in [2.24, 2.45) is 11.7 Å². The first-order chi connectivity index (χ1) is 12.5. The normalized spacial score (nSPS) is 11.6. The van der Waals surface area contributed by atoms with E-state index >= 15 is 0 Å². The van der Waals surface area contributed by atoms with Crippen LogP contribution in [0.25, 0.3) is 0 Å². The fourth-order valence-electron chi connectivity index (χ4n) is 2.67. The smallest absolute Gasteiger partial charge is 0.239 e. The molecule has 6 heteroatoms. The van der Waals surface area contributed by atoms with Gasteiger partial charge in [0, 0.05) is 12.5 Å². The first-order valence-electron chi connectivity index (χ1n) is 8.89. The van der Waals surface area contributed by atoms with E-state index in [-0.39, 0.29) is 42.6 Å². The van der Waals surface area contributed by atoms with Crippen molar-refractivity contribution in [1.29, 1.82) is 0 Å². The molecule has 146 valence electrons. The van der Waals surface area contributed by atoms with Gasteiger partial charge < -0.3 is 16.4 Å². The maximum atomic E-state index is 12.1. The Labute approximate surface area is 167 Å². The lowest BCUT2D eigenvalue weighted by atomic mass is 9.91. The summed E-state index contributed by atoms with van der Waals surface area (Å²) in [6.07, 6.45) is 0. The van der Waals surface area contributed by atoms with Gasteiger partial charge in [-0.3, -0.25) is 9.59 Å². The molecule has 5 nitrogen and oxygen atoms in total. The van der Waals surface area contributed by atoms with Gasteiger partial charge in [0.25, 0.3) is 0 Å². The number of nitrogens with one attached hydrogen (secondary N) is 2. The van der Waals surface area contributed by atoms with Crippen molar-refractivity contribution in [3.63, 3.8) is 0 Å². The molecule has 0 aliphatic heterocycles. The molecule has 0 radical (unpaired) electrons. The molecule has 2 aromatic carbocycles. The van der Waals surface area contributed by atoms with E-state index in [1.807, 2.05) is 74.5 Å². The van der Waals surface area contributed by atoms with Crippen LogP contribution in [-0.4, -0.2) is 30.9 Å². The van der Waals surface area contributed by atoms with Crippen LogP contribution < -0.4 is 16.4 Å². The van der Waals surface area contributed by atoms with Gasteiger partial charge in [-0.25, -0.2) is 0 Å². The highest BCUT2D eigenvalue weighted by Gasteiger charge is 2.18. The minimum absolute atomic E-state index is 0. The Hall–Kier alpha value is -2.37. The second kappa shape index (κ2) is 11.4. The molecule has 2 aromatic rings. The Morgan fingerprint density at radius 2 is 1.37 bits per heavy atom. The van der Waals surface area contributed by atoms with Crippen LogP contribution in [0.5, 0.6) is 0 Å². The number of carbonyl (C=O) groups excluding carboxylic acids is 2. The van der Waals surface area contributed by atoms with Crippen molar-refractivity contribution in [2.75, 3.05) is 13.1 Å². The minimum Gasteiger partial charge on any atom is -0.354 e. The summed E-state index contributed by atoms with van der Waals surface area (Å²) in [6, 6.07) is 19.5. The summed E-state index contributed by atoms with van der Waals surface area (Å²) in [4.78, 5) is 24.0. The highest BCUT2D eigenvalue weighted by atomic mass is 35.5. The number of nitrogens with two attached hydrogens (primary N) is 1. The molecule has 0 aromatic heterocycles. The van der Waals surface area contributed by atoms with Crippen LogP contribution in [0.1, 0.15) is 30.9 Å². The number of carbonyl (C=O) groups is 2. The summed E-state index contributed by atoms with van der Waals surface area (Å²) in [7, 11) is 0. The molecule has 4 N–H and O–H groups in total. The molecule has 2 rings (SSSR count). The zero-order valence-corrected chi connectivity index (χ0v) is 16.5. The Kier molecular flexibility index (Phi) is 9.54. The molecule has 0 saturated heterocycles. The van der Waals surface area contributed by atoms with Gasteiger partial charge in [-0.2, -0.15) is 0 Å².